The zero-order valence-corrected chi connectivity index (χ0v) is 12.9. The molecule has 1 fully saturated rings. The number of furan rings is 1. The third-order valence-electron chi connectivity index (χ3n) is 4.41. The van der Waals surface area contributed by atoms with E-state index in [1.54, 1.807) is 12.1 Å². The Morgan fingerprint density at radius 2 is 2.19 bits per heavy atom. The van der Waals surface area contributed by atoms with Gasteiger partial charge in [-0.2, -0.15) is 0 Å². The van der Waals surface area contributed by atoms with E-state index in [-0.39, 0.29) is 5.76 Å². The molecular weight excluding hydrogens is 270 g/mol. The molecule has 1 aliphatic carbocycles. The number of methoxy groups -OCH3 is 1. The van der Waals surface area contributed by atoms with Gasteiger partial charge in [-0.3, -0.25) is 0 Å². The van der Waals surface area contributed by atoms with Gasteiger partial charge in [-0.15, -0.1) is 0 Å². The fraction of sp³-hybridized carbons (Fsp3) is 0.688. The Morgan fingerprint density at radius 1 is 1.48 bits per heavy atom. The summed E-state index contributed by atoms with van der Waals surface area (Å²) in [4.78, 5) is 11.3. The smallest absolute Gasteiger partial charge is 0.373 e. The summed E-state index contributed by atoms with van der Waals surface area (Å²) >= 11 is 0. The quantitative estimate of drug-likeness (QED) is 0.789. The van der Waals surface area contributed by atoms with Crippen LogP contribution in [0.4, 0.5) is 0 Å². The van der Waals surface area contributed by atoms with Crippen LogP contribution in [0.3, 0.4) is 0 Å². The SMILES string of the molecule is CCC1CCC(O)(CNCc2ccc(C(=O)OC)o2)CC1. The maximum absolute atomic E-state index is 11.3. The Kier molecular flexibility index (Phi) is 5.42. The van der Waals surface area contributed by atoms with Crippen molar-refractivity contribution in [1.29, 1.82) is 0 Å². The molecule has 21 heavy (non-hydrogen) atoms. The molecule has 5 nitrogen and oxygen atoms in total. The molecule has 2 rings (SSSR count). The molecule has 0 atom stereocenters. The van der Waals surface area contributed by atoms with Crippen molar-refractivity contribution in [2.45, 2.75) is 51.2 Å². The van der Waals surface area contributed by atoms with Crippen molar-refractivity contribution >= 4 is 5.97 Å². The first-order valence-corrected chi connectivity index (χ1v) is 7.66. The zero-order valence-electron chi connectivity index (χ0n) is 12.9. The fourth-order valence-electron chi connectivity index (χ4n) is 2.90. The minimum Gasteiger partial charge on any atom is -0.463 e. The molecule has 0 aromatic carbocycles. The van der Waals surface area contributed by atoms with Crippen molar-refractivity contribution in [1.82, 2.24) is 5.32 Å². The van der Waals surface area contributed by atoms with Crippen molar-refractivity contribution in [2.24, 2.45) is 5.92 Å². The second-order valence-corrected chi connectivity index (χ2v) is 5.94. The summed E-state index contributed by atoms with van der Waals surface area (Å²) in [5.41, 5.74) is -0.608. The molecule has 2 N–H and O–H groups in total. The van der Waals surface area contributed by atoms with Crippen molar-refractivity contribution < 1.29 is 19.1 Å². The molecule has 0 radical (unpaired) electrons. The normalized spacial score (nSPS) is 25.8. The Balaban J connectivity index is 1.76. The summed E-state index contributed by atoms with van der Waals surface area (Å²) in [6.45, 7) is 3.26. The molecular formula is C16H25NO4. The Morgan fingerprint density at radius 3 is 2.81 bits per heavy atom. The summed E-state index contributed by atoms with van der Waals surface area (Å²) in [7, 11) is 1.32. The molecule has 0 bridgehead atoms. The first-order chi connectivity index (χ1) is 10.1. The molecule has 0 spiro atoms. The van der Waals surface area contributed by atoms with Crippen LogP contribution in [0.25, 0.3) is 0 Å². The Hall–Kier alpha value is -1.33. The van der Waals surface area contributed by atoms with Gasteiger partial charge < -0.3 is 19.6 Å². The van der Waals surface area contributed by atoms with Crippen LogP contribution in [0.2, 0.25) is 0 Å². The van der Waals surface area contributed by atoms with Crippen LogP contribution in [-0.2, 0) is 11.3 Å². The van der Waals surface area contributed by atoms with Crippen LogP contribution >= 0.6 is 0 Å². The summed E-state index contributed by atoms with van der Waals surface area (Å²) in [6, 6.07) is 3.35. The molecule has 118 valence electrons. The minimum atomic E-state index is -0.608. The number of ether oxygens (including phenoxy) is 1. The maximum atomic E-state index is 11.3. The highest BCUT2D eigenvalue weighted by molar-refractivity contribution is 5.86. The molecule has 0 saturated heterocycles. The van der Waals surface area contributed by atoms with Gasteiger partial charge in [0, 0.05) is 6.54 Å². The average molecular weight is 295 g/mol. The molecule has 1 heterocycles. The Bertz CT molecular complexity index is 461. The van der Waals surface area contributed by atoms with Crippen molar-refractivity contribution in [3.8, 4) is 0 Å². The zero-order chi connectivity index (χ0) is 15.3. The maximum Gasteiger partial charge on any atom is 0.373 e. The highest BCUT2D eigenvalue weighted by Gasteiger charge is 2.32. The van der Waals surface area contributed by atoms with Gasteiger partial charge >= 0.3 is 5.97 Å². The van der Waals surface area contributed by atoms with Gasteiger partial charge in [0.1, 0.15) is 5.76 Å². The van der Waals surface area contributed by atoms with Crippen molar-refractivity contribution in [3.63, 3.8) is 0 Å². The van der Waals surface area contributed by atoms with E-state index in [0.29, 0.717) is 18.8 Å². The van der Waals surface area contributed by atoms with E-state index in [1.165, 1.54) is 13.5 Å². The minimum absolute atomic E-state index is 0.205. The van der Waals surface area contributed by atoms with E-state index in [1.807, 2.05) is 0 Å². The largest absolute Gasteiger partial charge is 0.463 e. The van der Waals surface area contributed by atoms with Gasteiger partial charge in [-0.25, -0.2) is 4.79 Å². The number of nitrogens with one attached hydrogen (secondary N) is 1. The molecule has 1 aliphatic rings. The first kappa shape index (κ1) is 16.0. The van der Waals surface area contributed by atoms with Gasteiger partial charge in [0.05, 0.1) is 19.3 Å². The molecule has 1 saturated carbocycles. The van der Waals surface area contributed by atoms with Gasteiger partial charge in [0.25, 0.3) is 0 Å². The first-order valence-electron chi connectivity index (χ1n) is 7.66. The predicted octanol–water partition coefficient (Wildman–Crippen LogP) is 2.49. The van der Waals surface area contributed by atoms with Gasteiger partial charge in [0.2, 0.25) is 5.76 Å². The second-order valence-electron chi connectivity index (χ2n) is 5.94. The van der Waals surface area contributed by atoms with E-state index in [9.17, 15) is 9.90 Å². The summed E-state index contributed by atoms with van der Waals surface area (Å²) in [5, 5.41) is 13.7. The van der Waals surface area contributed by atoms with Gasteiger partial charge in [-0.05, 0) is 43.7 Å². The molecule has 0 unspecified atom stereocenters. The van der Waals surface area contributed by atoms with Gasteiger partial charge in [0.15, 0.2) is 0 Å². The lowest BCUT2D eigenvalue weighted by atomic mass is 9.78. The number of rotatable bonds is 6. The lowest BCUT2D eigenvalue weighted by Gasteiger charge is -2.35. The van der Waals surface area contributed by atoms with E-state index in [2.05, 4.69) is 17.0 Å². The number of aliphatic hydroxyl groups is 1. The molecule has 0 aliphatic heterocycles. The second kappa shape index (κ2) is 7.09. The van der Waals surface area contributed by atoms with Crippen molar-refractivity contribution in [2.75, 3.05) is 13.7 Å². The highest BCUT2D eigenvalue weighted by Crippen LogP contribution is 2.33. The number of hydrogen-bond donors (Lipinski definition) is 2. The number of carbonyl (C=O) groups is 1. The Labute approximate surface area is 125 Å². The lowest BCUT2D eigenvalue weighted by molar-refractivity contribution is -0.00910. The number of esters is 1. The molecule has 0 amide bonds. The molecule has 5 heteroatoms. The average Bonchev–Trinajstić information content (AvgIpc) is 2.96. The van der Waals surface area contributed by atoms with Crippen LogP contribution in [0.1, 0.15) is 55.3 Å². The van der Waals surface area contributed by atoms with Crippen LogP contribution in [-0.4, -0.2) is 30.3 Å². The summed E-state index contributed by atoms with van der Waals surface area (Å²) in [6.07, 6.45) is 5.10. The molecule has 1 aromatic rings. The van der Waals surface area contributed by atoms with Crippen LogP contribution < -0.4 is 5.32 Å². The van der Waals surface area contributed by atoms with E-state index < -0.39 is 11.6 Å². The van der Waals surface area contributed by atoms with Crippen molar-refractivity contribution in [3.05, 3.63) is 23.7 Å². The van der Waals surface area contributed by atoms with Crippen LogP contribution in [0, 0.1) is 5.92 Å². The fourth-order valence-corrected chi connectivity index (χ4v) is 2.90. The van der Waals surface area contributed by atoms with Crippen LogP contribution in [0.15, 0.2) is 16.5 Å². The lowest BCUT2D eigenvalue weighted by Crippen LogP contribution is -2.43. The summed E-state index contributed by atoms with van der Waals surface area (Å²) < 4.78 is 9.97. The molecule has 1 aromatic heterocycles. The highest BCUT2D eigenvalue weighted by atomic mass is 16.5. The van der Waals surface area contributed by atoms with E-state index in [0.717, 1.165) is 31.6 Å². The summed E-state index contributed by atoms with van der Waals surface area (Å²) in [5.74, 6) is 1.16. The predicted molar refractivity (Wildman–Crippen MR) is 79.0 cm³/mol. The third-order valence-corrected chi connectivity index (χ3v) is 4.41. The standard InChI is InChI=1S/C16H25NO4/c1-3-12-6-8-16(19,9-7-12)11-17-10-13-4-5-14(21-13)15(18)20-2/h4-5,12,17,19H,3,6-11H2,1-2H3. The van der Waals surface area contributed by atoms with Gasteiger partial charge in [-0.1, -0.05) is 13.3 Å². The number of carbonyl (C=O) groups excluding carboxylic acids is 1. The topological polar surface area (TPSA) is 71.7 Å². The monoisotopic (exact) mass is 295 g/mol. The van der Waals surface area contributed by atoms with E-state index in [4.69, 9.17) is 4.42 Å². The van der Waals surface area contributed by atoms with E-state index >= 15 is 0 Å². The van der Waals surface area contributed by atoms with Crippen LogP contribution in [0.5, 0.6) is 0 Å². The number of hydrogen-bond acceptors (Lipinski definition) is 5. The third kappa shape index (κ3) is 4.32.